The molecule has 0 N–H and O–H groups in total. The van der Waals surface area contributed by atoms with Crippen molar-refractivity contribution in [1.82, 2.24) is 0 Å². The quantitative estimate of drug-likeness (QED) is 0.579. The molecule has 1 aliphatic rings. The first-order valence-corrected chi connectivity index (χ1v) is 3.55. The Hall–Kier alpha value is -1.15. The average Bonchev–Trinajstić information content (AvgIpc) is 2.30. The lowest BCUT2D eigenvalue weighted by Crippen LogP contribution is -2.00. The summed E-state index contributed by atoms with van der Waals surface area (Å²) in [6.07, 6.45) is 0. The van der Waals surface area contributed by atoms with Gasteiger partial charge >= 0.3 is 0 Å². The lowest BCUT2D eigenvalue weighted by molar-refractivity contribution is 0.107. The number of aliphatic imine (C=N–C) groups is 1. The number of ketones is 1. The van der Waals surface area contributed by atoms with Crippen molar-refractivity contribution in [1.29, 1.82) is 0 Å². The van der Waals surface area contributed by atoms with Crippen molar-refractivity contribution < 1.29 is 4.79 Å². The van der Waals surface area contributed by atoms with Crippen LogP contribution in [-0.2, 0) is 0 Å². The summed E-state index contributed by atoms with van der Waals surface area (Å²) in [4.78, 5) is 15.0. The second-order valence-corrected chi connectivity index (χ2v) is 2.61. The predicted molar refractivity (Wildman–Crippen MR) is 43.7 cm³/mol. The van der Waals surface area contributed by atoms with Gasteiger partial charge in [-0.2, -0.15) is 0 Å². The van der Waals surface area contributed by atoms with E-state index < -0.39 is 0 Å². The maximum absolute atomic E-state index is 11.1. The molecule has 1 aromatic carbocycles. The molecule has 0 fully saturated rings. The Labute approximate surface area is 68.5 Å². The van der Waals surface area contributed by atoms with Crippen LogP contribution in [0.15, 0.2) is 29.3 Å². The van der Waals surface area contributed by atoms with Crippen molar-refractivity contribution in [3.63, 3.8) is 0 Å². The zero-order chi connectivity index (χ0) is 7.84. The molecule has 3 heteroatoms. The van der Waals surface area contributed by atoms with Gasteiger partial charge in [0.1, 0.15) is 0 Å². The van der Waals surface area contributed by atoms with Crippen molar-refractivity contribution in [2.45, 2.75) is 0 Å². The summed E-state index contributed by atoms with van der Waals surface area (Å²) in [6, 6.07) is 7.10. The number of rotatable bonds is 0. The first-order chi connectivity index (χ1) is 5.29. The number of nitrogens with zero attached hydrogens (tertiary/aromatic N) is 1. The molecule has 0 unspecified atom stereocenters. The van der Waals surface area contributed by atoms with Crippen molar-refractivity contribution in [2.24, 2.45) is 4.99 Å². The molecule has 1 aromatic rings. The molecule has 0 amide bonds. The third-order valence-electron chi connectivity index (χ3n) is 1.55. The lowest BCUT2D eigenvalue weighted by Gasteiger charge is -1.90. The second-order valence-electron chi connectivity index (χ2n) is 2.25. The molecule has 0 aliphatic carbocycles. The van der Waals surface area contributed by atoms with Gasteiger partial charge in [0, 0.05) is 0 Å². The van der Waals surface area contributed by atoms with Gasteiger partial charge in [0.15, 0.2) is 5.17 Å². The summed E-state index contributed by atoms with van der Waals surface area (Å²) < 4.78 is 0. The Morgan fingerprint density at radius 2 is 2.00 bits per heavy atom. The van der Waals surface area contributed by atoms with Gasteiger partial charge in [0.05, 0.1) is 11.3 Å². The van der Waals surface area contributed by atoms with Crippen LogP contribution in [0.25, 0.3) is 0 Å². The fourth-order valence-corrected chi connectivity index (χ4v) is 1.22. The summed E-state index contributed by atoms with van der Waals surface area (Å²) in [7, 11) is 0. The van der Waals surface area contributed by atoms with Crippen LogP contribution in [-0.4, -0.2) is 11.0 Å². The SMILES string of the molecule is O=C1C(Cl)=Nc2ccccc21. The molecule has 11 heavy (non-hydrogen) atoms. The molecule has 2 rings (SSSR count). The number of hydrogen-bond acceptors (Lipinski definition) is 2. The van der Waals surface area contributed by atoms with Gasteiger partial charge in [-0.15, -0.1) is 0 Å². The minimum atomic E-state index is -0.178. The largest absolute Gasteiger partial charge is 0.286 e. The number of para-hydroxylation sites is 1. The number of halogens is 1. The van der Waals surface area contributed by atoms with E-state index in [2.05, 4.69) is 4.99 Å². The van der Waals surface area contributed by atoms with Gasteiger partial charge in [0.25, 0.3) is 0 Å². The van der Waals surface area contributed by atoms with Crippen LogP contribution >= 0.6 is 11.6 Å². The zero-order valence-electron chi connectivity index (χ0n) is 5.54. The number of hydrogen-bond donors (Lipinski definition) is 0. The highest BCUT2D eigenvalue weighted by Crippen LogP contribution is 2.26. The van der Waals surface area contributed by atoms with Crippen LogP contribution in [0, 0.1) is 0 Å². The Kier molecular flexibility index (Phi) is 1.29. The average molecular weight is 166 g/mol. The van der Waals surface area contributed by atoms with Gasteiger partial charge < -0.3 is 0 Å². The number of carbonyl (C=O) groups is 1. The third-order valence-corrected chi connectivity index (χ3v) is 1.81. The van der Waals surface area contributed by atoms with E-state index in [0.717, 1.165) is 0 Å². The van der Waals surface area contributed by atoms with Crippen LogP contribution < -0.4 is 0 Å². The smallest absolute Gasteiger partial charge is 0.225 e. The first kappa shape index (κ1) is 6.55. The Bertz CT molecular complexity index is 357. The number of fused-ring (bicyclic) bond motifs is 1. The van der Waals surface area contributed by atoms with Gasteiger partial charge in [-0.25, -0.2) is 4.99 Å². The fourth-order valence-electron chi connectivity index (χ4n) is 1.03. The Morgan fingerprint density at radius 1 is 1.27 bits per heavy atom. The molecule has 0 saturated carbocycles. The topological polar surface area (TPSA) is 29.4 Å². The molecule has 0 atom stereocenters. The Balaban J connectivity index is 2.67. The summed E-state index contributed by atoms with van der Waals surface area (Å²) in [5, 5.41) is 0.0613. The minimum absolute atomic E-state index is 0.0613. The van der Waals surface area contributed by atoms with Gasteiger partial charge in [0.2, 0.25) is 5.78 Å². The van der Waals surface area contributed by atoms with Gasteiger partial charge in [-0.05, 0) is 12.1 Å². The van der Waals surface area contributed by atoms with Crippen molar-refractivity contribution in [2.75, 3.05) is 0 Å². The summed E-state index contributed by atoms with van der Waals surface area (Å²) in [6.45, 7) is 0. The molecule has 54 valence electrons. The van der Waals surface area contributed by atoms with E-state index in [1.807, 2.05) is 6.07 Å². The number of benzene rings is 1. The van der Waals surface area contributed by atoms with E-state index in [1.165, 1.54) is 0 Å². The molecular weight excluding hydrogens is 162 g/mol. The highest BCUT2D eigenvalue weighted by atomic mass is 35.5. The molecule has 2 nitrogen and oxygen atoms in total. The second kappa shape index (κ2) is 2.17. The van der Waals surface area contributed by atoms with Crippen LogP contribution in [0.4, 0.5) is 5.69 Å². The predicted octanol–water partition coefficient (Wildman–Crippen LogP) is 2.15. The molecular formula is C8H4ClNO. The maximum Gasteiger partial charge on any atom is 0.225 e. The van der Waals surface area contributed by atoms with Crippen molar-refractivity contribution in [3.05, 3.63) is 29.8 Å². The summed E-state index contributed by atoms with van der Waals surface area (Å²) >= 11 is 5.53. The van der Waals surface area contributed by atoms with E-state index in [1.54, 1.807) is 18.2 Å². The van der Waals surface area contributed by atoms with E-state index in [4.69, 9.17) is 11.6 Å². The highest BCUT2D eigenvalue weighted by molar-refractivity contribution is 6.86. The summed E-state index contributed by atoms with van der Waals surface area (Å²) in [5.41, 5.74) is 1.26. The monoisotopic (exact) mass is 165 g/mol. The van der Waals surface area contributed by atoms with E-state index in [-0.39, 0.29) is 11.0 Å². The molecule has 0 aromatic heterocycles. The third kappa shape index (κ3) is 0.870. The molecule has 0 radical (unpaired) electrons. The summed E-state index contributed by atoms with van der Waals surface area (Å²) in [5.74, 6) is -0.178. The normalized spacial score (nSPS) is 14.6. The zero-order valence-corrected chi connectivity index (χ0v) is 6.30. The standard InChI is InChI=1S/C8H4ClNO/c9-8-7(11)5-3-1-2-4-6(5)10-8/h1-4H. The highest BCUT2D eigenvalue weighted by Gasteiger charge is 2.21. The van der Waals surface area contributed by atoms with Crippen LogP contribution in [0.5, 0.6) is 0 Å². The minimum Gasteiger partial charge on any atom is -0.286 e. The fraction of sp³-hybridized carbons (Fsp3) is 0. The maximum atomic E-state index is 11.1. The molecule has 1 aliphatic heterocycles. The van der Waals surface area contributed by atoms with Crippen molar-refractivity contribution >= 4 is 28.2 Å². The van der Waals surface area contributed by atoms with Gasteiger partial charge in [-0.1, -0.05) is 23.7 Å². The van der Waals surface area contributed by atoms with Crippen LogP contribution in [0.1, 0.15) is 10.4 Å². The van der Waals surface area contributed by atoms with E-state index >= 15 is 0 Å². The molecule has 0 bridgehead atoms. The molecule has 0 saturated heterocycles. The molecule has 1 heterocycles. The van der Waals surface area contributed by atoms with E-state index in [9.17, 15) is 4.79 Å². The Morgan fingerprint density at radius 3 is 2.73 bits per heavy atom. The van der Waals surface area contributed by atoms with Gasteiger partial charge in [-0.3, -0.25) is 4.79 Å². The number of carbonyl (C=O) groups excluding carboxylic acids is 1. The van der Waals surface area contributed by atoms with Crippen molar-refractivity contribution in [3.8, 4) is 0 Å². The first-order valence-electron chi connectivity index (χ1n) is 3.17. The van der Waals surface area contributed by atoms with Crippen LogP contribution in [0.2, 0.25) is 0 Å². The lowest BCUT2D eigenvalue weighted by atomic mass is 10.1. The molecule has 0 spiro atoms. The van der Waals surface area contributed by atoms with Crippen LogP contribution in [0.3, 0.4) is 0 Å². The van der Waals surface area contributed by atoms with E-state index in [0.29, 0.717) is 11.3 Å². The number of Topliss-reactive ketones (excluding diaryl/α,β-unsaturated/α-hetero) is 1.